The van der Waals surface area contributed by atoms with Gasteiger partial charge in [0.15, 0.2) is 0 Å². The molecule has 1 unspecified atom stereocenters. The van der Waals surface area contributed by atoms with E-state index in [0.717, 1.165) is 11.8 Å². The maximum absolute atomic E-state index is 13.7. The molecule has 3 aliphatic carbocycles. The zero-order chi connectivity index (χ0) is 18.9. The Morgan fingerprint density at radius 1 is 0.741 bits per heavy atom. The van der Waals surface area contributed by atoms with Gasteiger partial charge in [0, 0.05) is 0 Å². The van der Waals surface area contributed by atoms with Crippen LogP contribution in [0, 0.1) is 23.2 Å². The van der Waals surface area contributed by atoms with E-state index in [9.17, 15) is 13.2 Å². The molecule has 3 aliphatic rings. The van der Waals surface area contributed by atoms with Crippen LogP contribution in [0.3, 0.4) is 0 Å². The van der Waals surface area contributed by atoms with Gasteiger partial charge >= 0.3 is 6.18 Å². The van der Waals surface area contributed by atoms with Crippen molar-refractivity contribution in [3.05, 3.63) is 35.4 Å². The fraction of sp³-hybridized carbons (Fsp3) is 0.750. The van der Waals surface area contributed by atoms with E-state index in [1.165, 1.54) is 83.1 Å². The predicted molar refractivity (Wildman–Crippen MR) is 103 cm³/mol. The van der Waals surface area contributed by atoms with Crippen molar-refractivity contribution in [1.29, 1.82) is 0 Å². The third-order valence-electron chi connectivity index (χ3n) is 7.65. The highest BCUT2D eigenvalue weighted by atomic mass is 19.4. The molecule has 1 aromatic carbocycles. The zero-order valence-corrected chi connectivity index (χ0v) is 16.4. The van der Waals surface area contributed by atoms with Crippen LogP contribution in [0.25, 0.3) is 0 Å². The summed E-state index contributed by atoms with van der Waals surface area (Å²) in [5, 5.41) is 0. The van der Waals surface area contributed by atoms with Crippen molar-refractivity contribution in [2.45, 2.75) is 89.6 Å². The maximum atomic E-state index is 13.7. The number of rotatable bonds is 7. The number of hydrogen-bond acceptors (Lipinski definition) is 0. The first-order valence-corrected chi connectivity index (χ1v) is 11.1. The second kappa shape index (κ2) is 7.79. The largest absolute Gasteiger partial charge is 0.416 e. The minimum atomic E-state index is -4.24. The van der Waals surface area contributed by atoms with Crippen molar-refractivity contribution >= 4 is 0 Å². The molecule has 0 aliphatic heterocycles. The summed E-state index contributed by atoms with van der Waals surface area (Å²) in [5.41, 5.74) is 0.254. The molecule has 1 aromatic rings. The van der Waals surface area contributed by atoms with Gasteiger partial charge in [-0.3, -0.25) is 0 Å². The molecule has 0 bridgehead atoms. The average Bonchev–Trinajstić information content (AvgIpc) is 3.37. The first-order valence-electron chi connectivity index (χ1n) is 11.1. The highest BCUT2D eigenvalue weighted by Gasteiger charge is 2.47. The van der Waals surface area contributed by atoms with Crippen LogP contribution < -0.4 is 0 Å². The van der Waals surface area contributed by atoms with Crippen LogP contribution in [0.1, 0.15) is 88.2 Å². The van der Waals surface area contributed by atoms with E-state index in [1.54, 1.807) is 18.2 Å². The number of halogens is 3. The monoisotopic (exact) mass is 378 g/mol. The summed E-state index contributed by atoms with van der Waals surface area (Å²) >= 11 is 0. The van der Waals surface area contributed by atoms with Gasteiger partial charge < -0.3 is 0 Å². The maximum Gasteiger partial charge on any atom is 0.416 e. The van der Waals surface area contributed by atoms with E-state index < -0.39 is 11.7 Å². The summed E-state index contributed by atoms with van der Waals surface area (Å²) in [6, 6.07) is 6.38. The van der Waals surface area contributed by atoms with Gasteiger partial charge in [0.05, 0.1) is 5.56 Å². The second-order valence-electron chi connectivity index (χ2n) is 9.68. The summed E-state index contributed by atoms with van der Waals surface area (Å²) in [6.07, 6.45) is 11.6. The Kier molecular flexibility index (Phi) is 5.58. The van der Waals surface area contributed by atoms with E-state index in [1.807, 2.05) is 0 Å². The molecule has 4 rings (SSSR count). The van der Waals surface area contributed by atoms with Gasteiger partial charge in [-0.2, -0.15) is 13.2 Å². The van der Waals surface area contributed by atoms with E-state index in [0.29, 0.717) is 17.9 Å². The molecule has 1 atom stereocenters. The fourth-order valence-corrected chi connectivity index (χ4v) is 5.92. The lowest BCUT2D eigenvalue weighted by molar-refractivity contribution is -0.138. The van der Waals surface area contributed by atoms with Gasteiger partial charge in [0.2, 0.25) is 0 Å². The molecular formula is C24H33F3. The third kappa shape index (κ3) is 4.54. The summed E-state index contributed by atoms with van der Waals surface area (Å²) in [6.45, 7) is 0. The topological polar surface area (TPSA) is 0 Å². The van der Waals surface area contributed by atoms with E-state index in [4.69, 9.17) is 0 Å². The van der Waals surface area contributed by atoms with Crippen LogP contribution in [0.5, 0.6) is 0 Å². The molecule has 150 valence electrons. The van der Waals surface area contributed by atoms with Crippen molar-refractivity contribution in [3.63, 3.8) is 0 Å². The summed E-state index contributed by atoms with van der Waals surface area (Å²) in [4.78, 5) is 0. The quantitative estimate of drug-likeness (QED) is 0.454. The number of hydrogen-bond donors (Lipinski definition) is 0. The molecule has 0 nitrogen and oxygen atoms in total. The van der Waals surface area contributed by atoms with Gasteiger partial charge in [-0.15, -0.1) is 0 Å². The molecule has 0 saturated heterocycles. The van der Waals surface area contributed by atoms with Gasteiger partial charge in [0.1, 0.15) is 0 Å². The average molecular weight is 379 g/mol. The van der Waals surface area contributed by atoms with Crippen LogP contribution in [-0.2, 0) is 12.6 Å². The highest BCUT2D eigenvalue weighted by Crippen LogP contribution is 2.56. The van der Waals surface area contributed by atoms with Gasteiger partial charge in [-0.25, -0.2) is 0 Å². The molecule has 27 heavy (non-hydrogen) atoms. The predicted octanol–water partition coefficient (Wildman–Crippen LogP) is 7.80. The highest BCUT2D eigenvalue weighted by molar-refractivity contribution is 5.31. The standard InChI is InChI=1S/C24H33F3/c25-24(26,27)22-12-5-4-9-20(22)17-23(16-19-13-14-19,21-10-6-11-21)15-18-7-2-1-3-8-18/h4-5,9,12,18-19,21H,1-3,6-8,10-11,13-17H2. The molecule has 3 fully saturated rings. The van der Waals surface area contributed by atoms with Gasteiger partial charge in [-0.05, 0) is 66.9 Å². The smallest absolute Gasteiger partial charge is 0.166 e. The molecule has 3 heteroatoms. The fourth-order valence-electron chi connectivity index (χ4n) is 5.92. The van der Waals surface area contributed by atoms with Crippen LogP contribution in [-0.4, -0.2) is 0 Å². The summed E-state index contributed by atoms with van der Waals surface area (Å²) < 4.78 is 41.0. The van der Waals surface area contributed by atoms with E-state index in [2.05, 4.69) is 0 Å². The molecule has 0 aromatic heterocycles. The van der Waals surface area contributed by atoms with Gasteiger partial charge in [0.25, 0.3) is 0 Å². The van der Waals surface area contributed by atoms with Crippen molar-refractivity contribution < 1.29 is 13.2 Å². The zero-order valence-electron chi connectivity index (χ0n) is 16.4. The first-order chi connectivity index (χ1) is 13.0. The van der Waals surface area contributed by atoms with Crippen molar-refractivity contribution in [1.82, 2.24) is 0 Å². The van der Waals surface area contributed by atoms with Crippen LogP contribution in [0.4, 0.5) is 13.2 Å². The van der Waals surface area contributed by atoms with Crippen molar-refractivity contribution in [3.8, 4) is 0 Å². The lowest BCUT2D eigenvalue weighted by Crippen LogP contribution is -2.40. The Balaban J connectivity index is 1.64. The third-order valence-corrected chi connectivity index (χ3v) is 7.65. The number of benzene rings is 1. The Hall–Kier alpha value is -0.990. The van der Waals surface area contributed by atoms with E-state index in [-0.39, 0.29) is 5.41 Å². The molecule has 0 N–H and O–H groups in total. The van der Waals surface area contributed by atoms with Gasteiger partial charge in [-0.1, -0.05) is 69.6 Å². The molecule has 0 heterocycles. The van der Waals surface area contributed by atoms with Crippen molar-refractivity contribution in [2.24, 2.45) is 23.2 Å². The lowest BCUT2D eigenvalue weighted by atomic mass is 9.56. The van der Waals surface area contributed by atoms with Crippen LogP contribution >= 0.6 is 0 Å². The minimum Gasteiger partial charge on any atom is -0.166 e. The summed E-state index contributed by atoms with van der Waals surface area (Å²) in [5.74, 6) is 2.14. The van der Waals surface area contributed by atoms with Crippen LogP contribution in [0.2, 0.25) is 0 Å². The molecule has 0 spiro atoms. The van der Waals surface area contributed by atoms with Crippen LogP contribution in [0.15, 0.2) is 24.3 Å². The van der Waals surface area contributed by atoms with E-state index >= 15 is 0 Å². The molecular weight excluding hydrogens is 345 g/mol. The Morgan fingerprint density at radius 3 is 1.93 bits per heavy atom. The molecule has 3 saturated carbocycles. The van der Waals surface area contributed by atoms with Crippen molar-refractivity contribution in [2.75, 3.05) is 0 Å². The Bertz CT molecular complexity index is 621. The Morgan fingerprint density at radius 2 is 1.37 bits per heavy atom. The SMILES string of the molecule is FC(F)(F)c1ccccc1CC(CC1CCCCC1)(CC1CC1)C1CCC1. The number of alkyl halides is 3. The lowest BCUT2D eigenvalue weighted by Gasteiger charge is -2.49. The first kappa shape index (κ1) is 19.3. The second-order valence-corrected chi connectivity index (χ2v) is 9.68. The minimum absolute atomic E-state index is 0.1000. The summed E-state index contributed by atoms with van der Waals surface area (Å²) in [7, 11) is 0. The molecule has 0 amide bonds. The Labute approximate surface area is 161 Å². The molecule has 0 radical (unpaired) electrons. The normalized spacial score (nSPS) is 24.4.